The van der Waals surface area contributed by atoms with E-state index in [1.807, 2.05) is 0 Å². The molecule has 2 rings (SSSR count). The third kappa shape index (κ3) is 2.03. The topological polar surface area (TPSA) is 30.2 Å². The minimum Gasteiger partial charge on any atom is -0.466 e. The molecule has 0 amide bonds. The number of halogens is 2. The quantitative estimate of drug-likeness (QED) is 0.755. The summed E-state index contributed by atoms with van der Waals surface area (Å²) in [6.45, 7) is 3.55. The SMILES string of the molecule is Cc1cc(C(=O)c2cc(Cl)sc2Cl)c(C)o1. The highest BCUT2D eigenvalue weighted by Gasteiger charge is 2.20. The Kier molecular flexibility index (Phi) is 3.10. The summed E-state index contributed by atoms with van der Waals surface area (Å²) in [5.74, 6) is 1.15. The van der Waals surface area contributed by atoms with Crippen LogP contribution in [0.15, 0.2) is 16.5 Å². The van der Waals surface area contributed by atoms with E-state index in [-0.39, 0.29) is 5.78 Å². The van der Waals surface area contributed by atoms with Crippen molar-refractivity contribution in [2.75, 3.05) is 0 Å². The maximum Gasteiger partial charge on any atom is 0.198 e. The molecule has 0 saturated heterocycles. The van der Waals surface area contributed by atoms with Crippen molar-refractivity contribution in [1.29, 1.82) is 0 Å². The highest BCUT2D eigenvalue weighted by Crippen LogP contribution is 2.33. The second kappa shape index (κ2) is 4.24. The van der Waals surface area contributed by atoms with Gasteiger partial charge >= 0.3 is 0 Å². The number of thiophene rings is 1. The van der Waals surface area contributed by atoms with Crippen LogP contribution in [-0.2, 0) is 0 Å². The van der Waals surface area contributed by atoms with Crippen LogP contribution < -0.4 is 0 Å². The fourth-order valence-corrected chi connectivity index (χ4v) is 2.95. The third-order valence-corrected chi connectivity index (χ3v) is 3.67. The summed E-state index contributed by atoms with van der Waals surface area (Å²) < 4.78 is 6.23. The lowest BCUT2D eigenvalue weighted by atomic mass is 10.1. The van der Waals surface area contributed by atoms with Gasteiger partial charge in [-0.3, -0.25) is 4.79 Å². The van der Waals surface area contributed by atoms with Crippen molar-refractivity contribution in [2.45, 2.75) is 13.8 Å². The Bertz CT molecular complexity index is 506. The molecule has 84 valence electrons. The molecule has 0 bridgehead atoms. The van der Waals surface area contributed by atoms with Crippen molar-refractivity contribution >= 4 is 40.3 Å². The zero-order valence-electron chi connectivity index (χ0n) is 8.64. The van der Waals surface area contributed by atoms with Crippen LogP contribution in [0, 0.1) is 13.8 Å². The van der Waals surface area contributed by atoms with Crippen LogP contribution in [0.3, 0.4) is 0 Å². The summed E-state index contributed by atoms with van der Waals surface area (Å²) in [6.07, 6.45) is 0. The summed E-state index contributed by atoms with van der Waals surface area (Å²) in [4.78, 5) is 12.1. The Morgan fingerprint density at radius 3 is 2.38 bits per heavy atom. The van der Waals surface area contributed by atoms with Crippen LogP contribution in [0.4, 0.5) is 0 Å². The van der Waals surface area contributed by atoms with Crippen molar-refractivity contribution in [3.63, 3.8) is 0 Å². The molecule has 0 aliphatic rings. The molecule has 0 aromatic carbocycles. The third-order valence-electron chi connectivity index (χ3n) is 2.19. The summed E-state index contributed by atoms with van der Waals surface area (Å²) in [5, 5.41) is 0. The fraction of sp³-hybridized carbons (Fsp3) is 0.182. The van der Waals surface area contributed by atoms with Gasteiger partial charge < -0.3 is 4.42 Å². The standard InChI is InChI=1S/C11H8Cl2O2S/c1-5-3-7(6(2)15-5)10(14)8-4-9(12)16-11(8)13/h3-4H,1-2H3. The molecule has 2 aromatic heterocycles. The lowest BCUT2D eigenvalue weighted by molar-refractivity contribution is 0.103. The highest BCUT2D eigenvalue weighted by molar-refractivity contribution is 7.20. The normalized spacial score (nSPS) is 10.8. The van der Waals surface area contributed by atoms with Crippen LogP contribution in [0.5, 0.6) is 0 Å². The summed E-state index contributed by atoms with van der Waals surface area (Å²) in [7, 11) is 0. The monoisotopic (exact) mass is 274 g/mol. The van der Waals surface area contributed by atoms with E-state index < -0.39 is 0 Å². The van der Waals surface area contributed by atoms with Gasteiger partial charge in [-0.25, -0.2) is 0 Å². The van der Waals surface area contributed by atoms with Gasteiger partial charge in [0.1, 0.15) is 15.9 Å². The molecular weight excluding hydrogens is 267 g/mol. The Hall–Kier alpha value is -0.770. The number of furan rings is 1. The number of aryl methyl sites for hydroxylation is 2. The second-order valence-corrected chi connectivity index (χ2v) is 5.68. The molecule has 0 fully saturated rings. The number of carbonyl (C=O) groups is 1. The van der Waals surface area contributed by atoms with Gasteiger partial charge in [-0.15, -0.1) is 11.3 Å². The fourth-order valence-electron chi connectivity index (χ4n) is 1.50. The number of ketones is 1. The van der Waals surface area contributed by atoms with Crippen LogP contribution in [-0.4, -0.2) is 5.78 Å². The Labute approximate surface area is 107 Å². The van der Waals surface area contributed by atoms with E-state index in [1.54, 1.807) is 26.0 Å². The molecule has 0 saturated carbocycles. The van der Waals surface area contributed by atoms with Crippen LogP contribution >= 0.6 is 34.5 Å². The van der Waals surface area contributed by atoms with Crippen molar-refractivity contribution in [2.24, 2.45) is 0 Å². The van der Waals surface area contributed by atoms with E-state index >= 15 is 0 Å². The zero-order valence-corrected chi connectivity index (χ0v) is 11.0. The molecule has 0 unspecified atom stereocenters. The molecule has 0 radical (unpaired) electrons. The van der Waals surface area contributed by atoms with Crippen LogP contribution in [0.25, 0.3) is 0 Å². The van der Waals surface area contributed by atoms with Crippen LogP contribution in [0.1, 0.15) is 27.4 Å². The molecular formula is C11H8Cl2O2S. The van der Waals surface area contributed by atoms with Gasteiger partial charge in [0.2, 0.25) is 0 Å². The maximum absolute atomic E-state index is 12.1. The Morgan fingerprint density at radius 1 is 1.25 bits per heavy atom. The molecule has 2 heterocycles. The molecule has 0 aliphatic carbocycles. The van der Waals surface area contributed by atoms with E-state index in [0.717, 1.165) is 0 Å². The van der Waals surface area contributed by atoms with Gasteiger partial charge in [0.15, 0.2) is 5.78 Å². The predicted molar refractivity (Wildman–Crippen MR) is 66.0 cm³/mol. The summed E-state index contributed by atoms with van der Waals surface area (Å²) in [5.41, 5.74) is 0.967. The van der Waals surface area contributed by atoms with E-state index in [0.29, 0.717) is 31.3 Å². The predicted octanol–water partition coefficient (Wildman–Crippen LogP) is 4.50. The van der Waals surface area contributed by atoms with Crippen molar-refractivity contribution < 1.29 is 9.21 Å². The first-order valence-corrected chi connectivity index (χ1v) is 6.13. The average Bonchev–Trinajstić information content (AvgIpc) is 2.68. The Balaban J connectivity index is 2.46. The van der Waals surface area contributed by atoms with E-state index in [2.05, 4.69) is 0 Å². The van der Waals surface area contributed by atoms with Crippen molar-refractivity contribution in [1.82, 2.24) is 0 Å². The zero-order chi connectivity index (χ0) is 11.9. The lowest BCUT2D eigenvalue weighted by Crippen LogP contribution is -2.00. The maximum atomic E-state index is 12.1. The molecule has 0 aliphatic heterocycles. The van der Waals surface area contributed by atoms with E-state index in [9.17, 15) is 4.79 Å². The molecule has 16 heavy (non-hydrogen) atoms. The van der Waals surface area contributed by atoms with Gasteiger partial charge in [-0.1, -0.05) is 23.2 Å². The lowest BCUT2D eigenvalue weighted by Gasteiger charge is -1.95. The van der Waals surface area contributed by atoms with Gasteiger partial charge in [-0.05, 0) is 26.0 Å². The van der Waals surface area contributed by atoms with Gasteiger partial charge in [0, 0.05) is 0 Å². The van der Waals surface area contributed by atoms with Crippen LogP contribution in [0.2, 0.25) is 8.67 Å². The molecule has 0 atom stereocenters. The molecule has 5 heteroatoms. The second-order valence-electron chi connectivity index (χ2n) is 3.39. The van der Waals surface area contributed by atoms with Gasteiger partial charge in [0.25, 0.3) is 0 Å². The Morgan fingerprint density at radius 2 is 1.94 bits per heavy atom. The first-order valence-electron chi connectivity index (χ1n) is 4.55. The van der Waals surface area contributed by atoms with E-state index in [4.69, 9.17) is 27.6 Å². The first kappa shape index (κ1) is 11.7. The molecule has 2 nitrogen and oxygen atoms in total. The molecule has 0 N–H and O–H groups in total. The van der Waals surface area contributed by atoms with Gasteiger partial charge in [-0.2, -0.15) is 0 Å². The van der Waals surface area contributed by atoms with Crippen molar-refractivity contribution in [3.8, 4) is 0 Å². The summed E-state index contributed by atoms with van der Waals surface area (Å²) >= 11 is 12.9. The van der Waals surface area contributed by atoms with Gasteiger partial charge in [0.05, 0.1) is 15.5 Å². The number of rotatable bonds is 2. The molecule has 0 spiro atoms. The number of carbonyl (C=O) groups excluding carboxylic acids is 1. The highest BCUT2D eigenvalue weighted by atomic mass is 35.5. The smallest absolute Gasteiger partial charge is 0.198 e. The minimum atomic E-state index is -0.150. The average molecular weight is 275 g/mol. The van der Waals surface area contributed by atoms with Crippen molar-refractivity contribution in [3.05, 3.63) is 43.5 Å². The number of hydrogen-bond donors (Lipinski definition) is 0. The molecule has 2 aromatic rings. The first-order chi connectivity index (χ1) is 7.49. The minimum absolute atomic E-state index is 0.150. The summed E-state index contributed by atoms with van der Waals surface area (Å²) in [6, 6.07) is 3.29. The largest absolute Gasteiger partial charge is 0.466 e. The van der Waals surface area contributed by atoms with E-state index in [1.165, 1.54) is 11.3 Å². The number of hydrogen-bond acceptors (Lipinski definition) is 3.